The molecule has 1 aliphatic rings. The molecule has 0 fully saturated rings. The molecule has 0 radical (unpaired) electrons. The van der Waals surface area contributed by atoms with Crippen LogP contribution in [-0.4, -0.2) is 25.2 Å². The highest BCUT2D eigenvalue weighted by molar-refractivity contribution is 5.85. The third kappa shape index (κ3) is 5.31. The van der Waals surface area contributed by atoms with Crippen LogP contribution in [0.25, 0.3) is 11.6 Å². The molecular formula is C24H30N2O2. The Balaban J connectivity index is 1.54. The summed E-state index contributed by atoms with van der Waals surface area (Å²) in [6.07, 6.45) is 8.55. The highest BCUT2D eigenvalue weighted by Gasteiger charge is 2.15. The van der Waals surface area contributed by atoms with E-state index in [1.165, 1.54) is 27.8 Å². The molecule has 4 N–H and O–H groups in total. The molecule has 148 valence electrons. The standard InChI is InChI=1S/C24H30N2O2/c25-17-23(26)24(27)28-15-6-2-5-10-19-11-7-12-20-13-14-21(16-22(19)20)18-8-3-1-4-9-18/h1,3-4,7-9,11-12,16,23H,2,5-6,10,13-15,17,25-26H2. The Morgan fingerprint density at radius 1 is 1.00 bits per heavy atom. The summed E-state index contributed by atoms with van der Waals surface area (Å²) in [7, 11) is 0. The first kappa shape index (κ1) is 20.3. The first-order chi connectivity index (χ1) is 13.7. The molecule has 0 spiro atoms. The Kier molecular flexibility index (Phi) is 7.40. The van der Waals surface area contributed by atoms with Gasteiger partial charge in [-0.1, -0.05) is 54.6 Å². The number of aryl methyl sites for hydroxylation is 2. The van der Waals surface area contributed by atoms with Crippen LogP contribution in [0.4, 0.5) is 0 Å². The lowest BCUT2D eigenvalue weighted by atomic mass is 9.85. The van der Waals surface area contributed by atoms with Crippen molar-refractivity contribution in [1.29, 1.82) is 0 Å². The topological polar surface area (TPSA) is 78.3 Å². The zero-order valence-electron chi connectivity index (χ0n) is 16.4. The van der Waals surface area contributed by atoms with Crippen LogP contribution in [0.1, 0.15) is 47.9 Å². The summed E-state index contributed by atoms with van der Waals surface area (Å²) in [5.74, 6) is -0.404. The smallest absolute Gasteiger partial charge is 0.324 e. The maximum absolute atomic E-state index is 11.5. The SMILES string of the molecule is NCC(N)C(=O)OCCCCCc1cccc2c1C=C(c1ccccc1)CC2. The second-order valence-electron chi connectivity index (χ2n) is 7.35. The van der Waals surface area contributed by atoms with Gasteiger partial charge in [0.1, 0.15) is 6.04 Å². The summed E-state index contributed by atoms with van der Waals surface area (Å²) in [4.78, 5) is 11.5. The third-order valence-electron chi connectivity index (χ3n) is 5.31. The molecule has 0 heterocycles. The third-order valence-corrected chi connectivity index (χ3v) is 5.31. The van der Waals surface area contributed by atoms with Crippen molar-refractivity contribution in [3.05, 3.63) is 70.8 Å². The lowest BCUT2D eigenvalue weighted by Gasteiger charge is -2.20. The molecule has 0 amide bonds. The quantitative estimate of drug-likeness (QED) is 0.515. The Morgan fingerprint density at radius 3 is 2.61 bits per heavy atom. The predicted octanol–water partition coefficient (Wildman–Crippen LogP) is 3.72. The molecule has 0 bridgehead atoms. The number of fused-ring (bicyclic) bond motifs is 1. The summed E-state index contributed by atoms with van der Waals surface area (Å²) in [5.41, 5.74) is 17.9. The van der Waals surface area contributed by atoms with Gasteiger partial charge in [-0.3, -0.25) is 4.79 Å². The van der Waals surface area contributed by atoms with Crippen LogP contribution < -0.4 is 11.5 Å². The molecule has 0 aromatic heterocycles. The van der Waals surface area contributed by atoms with Gasteiger partial charge >= 0.3 is 5.97 Å². The lowest BCUT2D eigenvalue weighted by Crippen LogP contribution is -2.39. The molecule has 3 rings (SSSR count). The number of rotatable bonds is 9. The molecule has 0 aliphatic heterocycles. The van der Waals surface area contributed by atoms with Gasteiger partial charge < -0.3 is 16.2 Å². The van der Waals surface area contributed by atoms with E-state index in [0.29, 0.717) is 6.61 Å². The van der Waals surface area contributed by atoms with E-state index in [-0.39, 0.29) is 6.54 Å². The van der Waals surface area contributed by atoms with Crippen molar-refractivity contribution in [2.24, 2.45) is 11.5 Å². The number of carbonyl (C=O) groups excluding carboxylic acids is 1. The van der Waals surface area contributed by atoms with Crippen molar-refractivity contribution in [3.8, 4) is 0 Å². The van der Waals surface area contributed by atoms with Crippen molar-refractivity contribution < 1.29 is 9.53 Å². The normalized spacial score (nSPS) is 14.1. The lowest BCUT2D eigenvalue weighted by molar-refractivity contribution is -0.145. The summed E-state index contributed by atoms with van der Waals surface area (Å²) in [5, 5.41) is 0. The van der Waals surface area contributed by atoms with Crippen LogP contribution in [0.15, 0.2) is 48.5 Å². The van der Waals surface area contributed by atoms with Gasteiger partial charge in [0.25, 0.3) is 0 Å². The largest absolute Gasteiger partial charge is 0.464 e. The van der Waals surface area contributed by atoms with E-state index in [4.69, 9.17) is 16.2 Å². The highest BCUT2D eigenvalue weighted by atomic mass is 16.5. The van der Waals surface area contributed by atoms with E-state index in [0.717, 1.165) is 38.5 Å². The molecule has 2 aromatic carbocycles. The van der Waals surface area contributed by atoms with Gasteiger partial charge in [-0.15, -0.1) is 0 Å². The number of benzene rings is 2. The highest BCUT2D eigenvalue weighted by Crippen LogP contribution is 2.32. The number of ether oxygens (including phenoxy) is 1. The molecule has 0 saturated carbocycles. The Labute approximate surface area is 167 Å². The fraction of sp³-hybridized carbons (Fsp3) is 0.375. The van der Waals surface area contributed by atoms with Gasteiger partial charge in [0.2, 0.25) is 0 Å². The van der Waals surface area contributed by atoms with Gasteiger partial charge in [-0.2, -0.15) is 0 Å². The molecule has 1 aliphatic carbocycles. The first-order valence-corrected chi connectivity index (χ1v) is 10.2. The second-order valence-corrected chi connectivity index (χ2v) is 7.35. The number of unbranched alkanes of at least 4 members (excludes halogenated alkanes) is 2. The van der Waals surface area contributed by atoms with Crippen LogP contribution >= 0.6 is 0 Å². The molecule has 4 nitrogen and oxygen atoms in total. The van der Waals surface area contributed by atoms with Crippen LogP contribution in [-0.2, 0) is 22.4 Å². The van der Waals surface area contributed by atoms with E-state index < -0.39 is 12.0 Å². The van der Waals surface area contributed by atoms with Gasteiger partial charge in [-0.25, -0.2) is 0 Å². The Bertz CT molecular complexity index is 815. The van der Waals surface area contributed by atoms with E-state index in [2.05, 4.69) is 54.6 Å². The first-order valence-electron chi connectivity index (χ1n) is 10.2. The molecule has 0 saturated heterocycles. The number of hydrogen-bond donors (Lipinski definition) is 2. The van der Waals surface area contributed by atoms with Gasteiger partial charge in [0.05, 0.1) is 6.61 Å². The molecular weight excluding hydrogens is 348 g/mol. The van der Waals surface area contributed by atoms with Crippen LogP contribution in [0.2, 0.25) is 0 Å². The molecule has 28 heavy (non-hydrogen) atoms. The number of allylic oxidation sites excluding steroid dienone is 1. The predicted molar refractivity (Wildman–Crippen MR) is 115 cm³/mol. The Morgan fingerprint density at radius 2 is 1.82 bits per heavy atom. The van der Waals surface area contributed by atoms with Gasteiger partial charge in [-0.05, 0) is 66.4 Å². The number of nitrogens with two attached hydrogens (primary N) is 2. The average molecular weight is 379 g/mol. The van der Waals surface area contributed by atoms with E-state index >= 15 is 0 Å². The zero-order valence-corrected chi connectivity index (χ0v) is 16.4. The van der Waals surface area contributed by atoms with Crippen LogP contribution in [0.3, 0.4) is 0 Å². The van der Waals surface area contributed by atoms with E-state index in [1.54, 1.807) is 0 Å². The van der Waals surface area contributed by atoms with Crippen molar-refractivity contribution in [2.45, 2.75) is 44.6 Å². The van der Waals surface area contributed by atoms with Crippen LogP contribution in [0, 0.1) is 0 Å². The fourth-order valence-electron chi connectivity index (χ4n) is 3.65. The van der Waals surface area contributed by atoms with Crippen molar-refractivity contribution in [2.75, 3.05) is 13.2 Å². The Hall–Kier alpha value is -2.43. The summed E-state index contributed by atoms with van der Waals surface area (Å²) >= 11 is 0. The minimum Gasteiger partial charge on any atom is -0.464 e. The fourth-order valence-corrected chi connectivity index (χ4v) is 3.65. The summed E-state index contributed by atoms with van der Waals surface area (Å²) in [6, 6.07) is 16.6. The van der Waals surface area contributed by atoms with E-state index in [9.17, 15) is 4.79 Å². The van der Waals surface area contributed by atoms with Crippen LogP contribution in [0.5, 0.6) is 0 Å². The van der Waals surface area contributed by atoms with Crippen molar-refractivity contribution >= 4 is 17.6 Å². The van der Waals surface area contributed by atoms with Crippen molar-refractivity contribution in [3.63, 3.8) is 0 Å². The number of hydrogen-bond acceptors (Lipinski definition) is 4. The minimum absolute atomic E-state index is 0.121. The molecule has 1 unspecified atom stereocenters. The maximum Gasteiger partial charge on any atom is 0.324 e. The maximum atomic E-state index is 11.5. The average Bonchev–Trinajstić information content (AvgIpc) is 2.75. The second kappa shape index (κ2) is 10.2. The molecule has 2 aromatic rings. The summed E-state index contributed by atoms with van der Waals surface area (Å²) < 4.78 is 5.15. The molecule has 1 atom stereocenters. The number of carbonyl (C=O) groups is 1. The monoisotopic (exact) mass is 378 g/mol. The van der Waals surface area contributed by atoms with Crippen molar-refractivity contribution in [1.82, 2.24) is 0 Å². The summed E-state index contributed by atoms with van der Waals surface area (Å²) in [6.45, 7) is 0.536. The molecule has 4 heteroatoms. The number of esters is 1. The zero-order chi connectivity index (χ0) is 19.8. The van der Waals surface area contributed by atoms with Gasteiger partial charge in [0, 0.05) is 6.54 Å². The minimum atomic E-state index is -0.707. The van der Waals surface area contributed by atoms with E-state index in [1.807, 2.05) is 0 Å². The van der Waals surface area contributed by atoms with Gasteiger partial charge in [0.15, 0.2) is 0 Å².